The van der Waals surface area contributed by atoms with Gasteiger partial charge in [0.1, 0.15) is 5.82 Å². The van der Waals surface area contributed by atoms with Crippen molar-refractivity contribution in [3.05, 3.63) is 53.8 Å². The van der Waals surface area contributed by atoms with Gasteiger partial charge in [-0.15, -0.1) is 0 Å². The molecule has 2 aromatic carbocycles. The predicted molar refractivity (Wildman–Crippen MR) is 108 cm³/mol. The average molecular weight is 421 g/mol. The van der Waals surface area contributed by atoms with Crippen molar-refractivity contribution in [2.24, 2.45) is 0 Å². The van der Waals surface area contributed by atoms with Crippen LogP contribution in [0.4, 0.5) is 10.1 Å². The smallest absolute Gasteiger partial charge is 0.231 e. The van der Waals surface area contributed by atoms with Gasteiger partial charge in [-0.2, -0.15) is 0 Å². The number of hydrogen-bond acceptors (Lipinski definition) is 6. The third-order valence-electron chi connectivity index (χ3n) is 5.27. The molecule has 1 N–H and O–H groups in total. The van der Waals surface area contributed by atoms with Crippen LogP contribution in [-0.2, 0) is 10.0 Å². The standard InChI is InChI=1S/C20H24FN3O4S/c1-29(25,26)22-13-18(15-2-7-19-20(12-15)28-14-27-19)24-10-8-23(9-11-24)17-5-3-16(21)4-6-17/h2-7,12,18,22H,8-11,13-14H2,1H3/t18-/m1/s1. The minimum atomic E-state index is -3.31. The van der Waals surface area contributed by atoms with E-state index in [0.717, 1.165) is 43.7 Å². The highest BCUT2D eigenvalue weighted by atomic mass is 32.2. The Morgan fingerprint density at radius 1 is 1.03 bits per heavy atom. The van der Waals surface area contributed by atoms with Crippen LogP contribution in [0.1, 0.15) is 11.6 Å². The number of nitrogens with one attached hydrogen (secondary N) is 1. The van der Waals surface area contributed by atoms with Gasteiger partial charge in [-0.1, -0.05) is 6.07 Å². The zero-order valence-corrected chi connectivity index (χ0v) is 17.0. The zero-order chi connectivity index (χ0) is 20.4. The van der Waals surface area contributed by atoms with Gasteiger partial charge in [0.25, 0.3) is 0 Å². The molecule has 0 aliphatic carbocycles. The Labute approximate surface area is 170 Å². The summed E-state index contributed by atoms with van der Waals surface area (Å²) >= 11 is 0. The Hall–Kier alpha value is -2.36. The van der Waals surface area contributed by atoms with Crippen LogP contribution in [0.2, 0.25) is 0 Å². The molecule has 0 saturated carbocycles. The van der Waals surface area contributed by atoms with E-state index in [1.807, 2.05) is 18.2 Å². The number of fused-ring (bicyclic) bond motifs is 1. The molecule has 29 heavy (non-hydrogen) atoms. The topological polar surface area (TPSA) is 71.1 Å². The van der Waals surface area contributed by atoms with E-state index >= 15 is 0 Å². The summed E-state index contributed by atoms with van der Waals surface area (Å²) in [5.74, 6) is 1.13. The van der Waals surface area contributed by atoms with Crippen molar-refractivity contribution in [1.29, 1.82) is 0 Å². The zero-order valence-electron chi connectivity index (χ0n) is 16.2. The SMILES string of the molecule is CS(=O)(=O)NC[C@H](c1ccc2c(c1)OCO2)N1CCN(c2ccc(F)cc2)CC1. The first-order valence-electron chi connectivity index (χ1n) is 9.48. The Morgan fingerprint density at radius 2 is 1.72 bits per heavy atom. The van der Waals surface area contributed by atoms with E-state index in [1.54, 1.807) is 12.1 Å². The molecule has 7 nitrogen and oxygen atoms in total. The van der Waals surface area contributed by atoms with Crippen molar-refractivity contribution in [2.45, 2.75) is 6.04 Å². The first kappa shape index (κ1) is 19.9. The van der Waals surface area contributed by atoms with Crippen molar-refractivity contribution >= 4 is 15.7 Å². The minimum absolute atomic E-state index is 0.130. The van der Waals surface area contributed by atoms with Crippen LogP contribution >= 0.6 is 0 Å². The lowest BCUT2D eigenvalue weighted by atomic mass is 10.0. The van der Waals surface area contributed by atoms with E-state index in [9.17, 15) is 12.8 Å². The molecule has 4 rings (SSSR count). The Kier molecular flexibility index (Phi) is 5.62. The molecule has 1 saturated heterocycles. The number of halogens is 1. The molecule has 0 spiro atoms. The molecule has 2 aliphatic rings. The maximum atomic E-state index is 13.2. The maximum absolute atomic E-state index is 13.2. The molecule has 2 aliphatic heterocycles. The highest BCUT2D eigenvalue weighted by Crippen LogP contribution is 2.35. The first-order valence-corrected chi connectivity index (χ1v) is 11.4. The molecule has 2 aromatic rings. The molecule has 0 radical (unpaired) electrons. The van der Waals surface area contributed by atoms with Gasteiger partial charge >= 0.3 is 0 Å². The summed E-state index contributed by atoms with van der Waals surface area (Å²) in [6.07, 6.45) is 1.16. The van der Waals surface area contributed by atoms with Crippen LogP contribution in [0, 0.1) is 5.82 Å². The molecule has 0 bridgehead atoms. The summed E-state index contributed by atoms with van der Waals surface area (Å²) in [7, 11) is -3.31. The third-order valence-corrected chi connectivity index (χ3v) is 5.96. The summed E-state index contributed by atoms with van der Waals surface area (Å²) in [6, 6.07) is 12.1. The minimum Gasteiger partial charge on any atom is -0.454 e. The fourth-order valence-electron chi connectivity index (χ4n) is 3.75. The van der Waals surface area contributed by atoms with Gasteiger partial charge in [-0.25, -0.2) is 17.5 Å². The average Bonchev–Trinajstić information content (AvgIpc) is 3.16. The molecule has 0 unspecified atom stereocenters. The van der Waals surface area contributed by atoms with Crippen molar-refractivity contribution < 1.29 is 22.3 Å². The summed E-state index contributed by atoms with van der Waals surface area (Å²) in [4.78, 5) is 4.46. The fourth-order valence-corrected chi connectivity index (χ4v) is 4.21. The molecule has 2 heterocycles. The highest BCUT2D eigenvalue weighted by Gasteiger charge is 2.27. The molecular formula is C20H24FN3O4S. The van der Waals surface area contributed by atoms with Gasteiger partial charge in [0.05, 0.1) is 6.26 Å². The second-order valence-electron chi connectivity index (χ2n) is 7.25. The van der Waals surface area contributed by atoms with E-state index < -0.39 is 10.0 Å². The second kappa shape index (κ2) is 8.17. The van der Waals surface area contributed by atoms with Gasteiger partial charge in [-0.3, -0.25) is 4.90 Å². The number of ether oxygens (including phenoxy) is 2. The Morgan fingerprint density at radius 3 is 2.41 bits per heavy atom. The second-order valence-corrected chi connectivity index (χ2v) is 9.08. The van der Waals surface area contributed by atoms with Crippen LogP contribution in [0.3, 0.4) is 0 Å². The summed E-state index contributed by atoms with van der Waals surface area (Å²) in [5, 5.41) is 0. The van der Waals surface area contributed by atoms with Crippen molar-refractivity contribution in [2.75, 3.05) is 50.7 Å². The third kappa shape index (κ3) is 4.80. The number of hydrogen-bond donors (Lipinski definition) is 1. The molecule has 1 fully saturated rings. The molecular weight excluding hydrogens is 397 g/mol. The van der Waals surface area contributed by atoms with E-state index in [1.165, 1.54) is 12.1 Å². The Bertz CT molecular complexity index is 960. The van der Waals surface area contributed by atoms with E-state index in [2.05, 4.69) is 14.5 Å². The van der Waals surface area contributed by atoms with Gasteiger partial charge in [0, 0.05) is 44.5 Å². The summed E-state index contributed by atoms with van der Waals surface area (Å²) < 4.78 is 50.1. The largest absolute Gasteiger partial charge is 0.454 e. The van der Waals surface area contributed by atoms with E-state index in [-0.39, 0.29) is 25.2 Å². The van der Waals surface area contributed by atoms with Gasteiger partial charge in [0.15, 0.2) is 11.5 Å². The Balaban J connectivity index is 1.50. The molecule has 156 valence electrons. The van der Waals surface area contributed by atoms with Crippen molar-refractivity contribution in [1.82, 2.24) is 9.62 Å². The predicted octanol–water partition coefficient (Wildman–Crippen LogP) is 1.97. The highest BCUT2D eigenvalue weighted by molar-refractivity contribution is 7.88. The van der Waals surface area contributed by atoms with Gasteiger partial charge < -0.3 is 14.4 Å². The van der Waals surface area contributed by atoms with Crippen molar-refractivity contribution in [3.63, 3.8) is 0 Å². The van der Waals surface area contributed by atoms with E-state index in [0.29, 0.717) is 11.5 Å². The summed E-state index contributed by atoms with van der Waals surface area (Å²) in [5.41, 5.74) is 1.96. The molecule has 0 amide bonds. The number of rotatable bonds is 6. The van der Waals surface area contributed by atoms with Crippen molar-refractivity contribution in [3.8, 4) is 11.5 Å². The van der Waals surface area contributed by atoms with Crippen LogP contribution < -0.4 is 19.1 Å². The fraction of sp³-hybridized carbons (Fsp3) is 0.400. The monoisotopic (exact) mass is 421 g/mol. The van der Waals surface area contributed by atoms with Crippen LogP contribution in [0.25, 0.3) is 0 Å². The van der Waals surface area contributed by atoms with Gasteiger partial charge in [-0.05, 0) is 42.0 Å². The maximum Gasteiger partial charge on any atom is 0.231 e. The quantitative estimate of drug-likeness (QED) is 0.769. The van der Waals surface area contributed by atoms with Crippen LogP contribution in [0.5, 0.6) is 11.5 Å². The lowest BCUT2D eigenvalue weighted by molar-refractivity contribution is 0.173. The van der Waals surface area contributed by atoms with E-state index in [4.69, 9.17) is 9.47 Å². The summed E-state index contributed by atoms with van der Waals surface area (Å²) in [6.45, 7) is 3.51. The van der Waals surface area contributed by atoms with Crippen LogP contribution in [-0.4, -0.2) is 59.1 Å². The lowest BCUT2D eigenvalue weighted by Gasteiger charge is -2.40. The number of anilines is 1. The number of sulfonamides is 1. The van der Waals surface area contributed by atoms with Gasteiger partial charge in [0.2, 0.25) is 16.8 Å². The molecule has 1 atom stereocenters. The number of piperazine rings is 1. The molecule has 9 heteroatoms. The first-order chi connectivity index (χ1) is 13.9. The normalized spacial score (nSPS) is 18.1. The lowest BCUT2D eigenvalue weighted by Crippen LogP contribution is -2.49. The molecule has 0 aromatic heterocycles. The number of nitrogens with zero attached hydrogens (tertiary/aromatic N) is 2. The van der Waals surface area contributed by atoms with Crippen LogP contribution in [0.15, 0.2) is 42.5 Å². The number of benzene rings is 2.